The number of rotatable bonds is 5. The largest absolute Gasteiger partial charge is 0.504 e. The Balaban J connectivity index is 2.37. The number of hydrogen-bond acceptors (Lipinski definition) is 4. The van der Waals surface area contributed by atoms with E-state index in [0.29, 0.717) is 27.8 Å². The Morgan fingerprint density at radius 3 is 2.56 bits per heavy atom. The van der Waals surface area contributed by atoms with Gasteiger partial charge >= 0.3 is 0 Å². The van der Waals surface area contributed by atoms with E-state index in [4.69, 9.17) is 4.74 Å². The van der Waals surface area contributed by atoms with Crippen molar-refractivity contribution in [3.63, 3.8) is 0 Å². The molecule has 2 atom stereocenters. The highest BCUT2D eigenvalue weighted by Crippen LogP contribution is 2.46. The van der Waals surface area contributed by atoms with Crippen molar-refractivity contribution >= 4 is 21.8 Å². The van der Waals surface area contributed by atoms with Gasteiger partial charge in [0.15, 0.2) is 11.5 Å². The SMILES string of the molecule is COc1c(C)c([C@@H](O)[C@H](C)O)c2[nH]c3ccc(CC=C(C)C)cc3c2c1O. The molecule has 3 aromatic rings. The number of fused-ring (bicyclic) bond motifs is 3. The maximum atomic E-state index is 10.9. The first-order chi connectivity index (χ1) is 12.8. The van der Waals surface area contributed by atoms with Crippen molar-refractivity contribution < 1.29 is 20.1 Å². The van der Waals surface area contributed by atoms with Crippen molar-refractivity contribution in [1.29, 1.82) is 0 Å². The molecule has 5 heteroatoms. The van der Waals surface area contributed by atoms with Gasteiger partial charge in [0.2, 0.25) is 0 Å². The van der Waals surface area contributed by atoms with Crippen LogP contribution in [0.5, 0.6) is 11.5 Å². The van der Waals surface area contributed by atoms with Crippen molar-refractivity contribution in [2.24, 2.45) is 0 Å². The Labute approximate surface area is 158 Å². The van der Waals surface area contributed by atoms with Crippen LogP contribution in [0.25, 0.3) is 21.8 Å². The number of allylic oxidation sites excluding steroid dienone is 2. The van der Waals surface area contributed by atoms with E-state index in [2.05, 4.69) is 24.9 Å². The van der Waals surface area contributed by atoms with Gasteiger partial charge in [-0.25, -0.2) is 0 Å². The van der Waals surface area contributed by atoms with Crippen LogP contribution < -0.4 is 4.74 Å². The molecule has 144 valence electrons. The number of aliphatic hydroxyl groups excluding tert-OH is 2. The predicted molar refractivity (Wildman–Crippen MR) is 109 cm³/mol. The molecule has 0 radical (unpaired) electrons. The summed E-state index contributed by atoms with van der Waals surface area (Å²) in [5, 5.41) is 32.9. The van der Waals surface area contributed by atoms with Crippen molar-refractivity contribution in [1.82, 2.24) is 4.98 Å². The number of aromatic hydroxyl groups is 1. The number of aromatic amines is 1. The zero-order chi connectivity index (χ0) is 19.9. The van der Waals surface area contributed by atoms with Crippen LogP contribution in [0.2, 0.25) is 0 Å². The molecular formula is C22H27NO4. The molecule has 4 N–H and O–H groups in total. The van der Waals surface area contributed by atoms with Crippen LogP contribution >= 0.6 is 0 Å². The molecule has 0 aliphatic heterocycles. The topological polar surface area (TPSA) is 85.7 Å². The van der Waals surface area contributed by atoms with Gasteiger partial charge in [-0.05, 0) is 51.8 Å². The number of H-pyrrole nitrogens is 1. The van der Waals surface area contributed by atoms with E-state index in [-0.39, 0.29) is 5.75 Å². The first-order valence-electron chi connectivity index (χ1n) is 9.09. The van der Waals surface area contributed by atoms with Gasteiger partial charge < -0.3 is 25.0 Å². The maximum Gasteiger partial charge on any atom is 0.168 e. The minimum absolute atomic E-state index is 0.0390. The number of aliphatic hydroxyl groups is 2. The monoisotopic (exact) mass is 369 g/mol. The Hall–Kier alpha value is -2.50. The smallest absolute Gasteiger partial charge is 0.168 e. The first kappa shape index (κ1) is 19.3. The molecule has 0 aliphatic carbocycles. The lowest BCUT2D eigenvalue weighted by Crippen LogP contribution is -2.16. The molecule has 0 saturated heterocycles. The zero-order valence-corrected chi connectivity index (χ0v) is 16.4. The second-order valence-corrected chi connectivity index (χ2v) is 7.35. The van der Waals surface area contributed by atoms with Gasteiger partial charge in [-0.1, -0.05) is 17.7 Å². The van der Waals surface area contributed by atoms with Gasteiger partial charge in [0.05, 0.1) is 24.1 Å². The molecule has 0 spiro atoms. The summed E-state index contributed by atoms with van der Waals surface area (Å²) >= 11 is 0. The summed E-state index contributed by atoms with van der Waals surface area (Å²) in [4.78, 5) is 3.31. The third kappa shape index (κ3) is 3.29. The lowest BCUT2D eigenvalue weighted by molar-refractivity contribution is 0.0308. The molecule has 2 aromatic carbocycles. The summed E-state index contributed by atoms with van der Waals surface area (Å²) < 4.78 is 5.42. The fourth-order valence-electron chi connectivity index (χ4n) is 3.60. The number of aromatic nitrogens is 1. The van der Waals surface area contributed by atoms with E-state index in [1.54, 1.807) is 6.92 Å². The van der Waals surface area contributed by atoms with Gasteiger partial charge in [-0.15, -0.1) is 0 Å². The van der Waals surface area contributed by atoms with Gasteiger partial charge in [-0.2, -0.15) is 0 Å². The minimum atomic E-state index is -1.10. The standard InChI is InChI=1S/C22H27NO4/c1-11(2)6-7-14-8-9-16-15(10-14)18-19(23-16)17(20(25)13(4)24)12(3)22(27-5)21(18)26/h6,8-10,13,20,23-26H,7H2,1-5H3/t13-,20-/m0/s1. The van der Waals surface area contributed by atoms with Crippen LogP contribution in [0.3, 0.4) is 0 Å². The number of methoxy groups -OCH3 is 1. The zero-order valence-electron chi connectivity index (χ0n) is 16.4. The predicted octanol–water partition coefficient (Wildman–Crippen LogP) is 4.27. The Bertz CT molecular complexity index is 1030. The summed E-state index contributed by atoms with van der Waals surface area (Å²) in [5.41, 5.74) is 4.99. The summed E-state index contributed by atoms with van der Waals surface area (Å²) in [5.74, 6) is 0.352. The Morgan fingerprint density at radius 2 is 1.96 bits per heavy atom. The van der Waals surface area contributed by atoms with E-state index < -0.39 is 12.2 Å². The highest BCUT2D eigenvalue weighted by Gasteiger charge is 2.27. The van der Waals surface area contributed by atoms with Crippen molar-refractivity contribution in [2.45, 2.75) is 46.3 Å². The fraction of sp³-hybridized carbons (Fsp3) is 0.364. The molecule has 0 aliphatic rings. The third-order valence-electron chi connectivity index (χ3n) is 5.03. The summed E-state index contributed by atoms with van der Waals surface area (Å²) in [6, 6.07) is 6.06. The highest BCUT2D eigenvalue weighted by molar-refractivity contribution is 6.13. The second-order valence-electron chi connectivity index (χ2n) is 7.35. The van der Waals surface area contributed by atoms with Gasteiger partial charge in [0, 0.05) is 22.0 Å². The van der Waals surface area contributed by atoms with Crippen LogP contribution in [-0.2, 0) is 6.42 Å². The fourth-order valence-corrected chi connectivity index (χ4v) is 3.60. The summed E-state index contributed by atoms with van der Waals surface area (Å²) in [7, 11) is 1.49. The molecule has 0 amide bonds. The van der Waals surface area contributed by atoms with E-state index >= 15 is 0 Å². The number of phenolic OH excluding ortho intramolecular Hbond substituents is 1. The lowest BCUT2D eigenvalue weighted by atomic mass is 9.94. The quantitative estimate of drug-likeness (QED) is 0.506. The van der Waals surface area contributed by atoms with E-state index in [0.717, 1.165) is 22.9 Å². The summed E-state index contributed by atoms with van der Waals surface area (Å²) in [6.07, 6.45) is 0.905. The van der Waals surface area contributed by atoms with E-state index in [9.17, 15) is 15.3 Å². The molecule has 0 fully saturated rings. The molecule has 27 heavy (non-hydrogen) atoms. The molecular weight excluding hydrogens is 342 g/mol. The van der Waals surface area contributed by atoms with Crippen LogP contribution in [0.15, 0.2) is 29.8 Å². The number of hydrogen-bond donors (Lipinski definition) is 4. The lowest BCUT2D eigenvalue weighted by Gasteiger charge is -2.20. The van der Waals surface area contributed by atoms with E-state index in [1.807, 2.05) is 18.2 Å². The van der Waals surface area contributed by atoms with Crippen molar-refractivity contribution in [3.05, 3.63) is 46.5 Å². The van der Waals surface area contributed by atoms with Crippen LogP contribution in [0.4, 0.5) is 0 Å². The maximum absolute atomic E-state index is 10.9. The van der Waals surface area contributed by atoms with Crippen molar-refractivity contribution in [3.8, 4) is 11.5 Å². The third-order valence-corrected chi connectivity index (χ3v) is 5.03. The van der Waals surface area contributed by atoms with Gasteiger partial charge in [0.25, 0.3) is 0 Å². The molecule has 1 heterocycles. The normalized spacial score (nSPS) is 13.7. The molecule has 3 rings (SSSR count). The number of benzene rings is 2. The Kier molecular flexibility index (Phi) is 5.18. The van der Waals surface area contributed by atoms with Crippen LogP contribution in [0, 0.1) is 6.92 Å². The van der Waals surface area contributed by atoms with Crippen LogP contribution in [-0.4, -0.2) is 33.5 Å². The number of phenols is 1. The molecule has 0 unspecified atom stereocenters. The van der Waals surface area contributed by atoms with Gasteiger partial charge in [0.1, 0.15) is 6.10 Å². The highest BCUT2D eigenvalue weighted by atomic mass is 16.5. The number of nitrogens with one attached hydrogen (secondary N) is 1. The molecule has 5 nitrogen and oxygen atoms in total. The van der Waals surface area contributed by atoms with E-state index in [1.165, 1.54) is 19.6 Å². The van der Waals surface area contributed by atoms with Crippen LogP contribution in [0.1, 0.15) is 43.6 Å². The number of ether oxygens (including phenoxy) is 1. The van der Waals surface area contributed by atoms with Crippen molar-refractivity contribution in [2.75, 3.05) is 7.11 Å². The average molecular weight is 369 g/mol. The van der Waals surface area contributed by atoms with Gasteiger partial charge in [-0.3, -0.25) is 0 Å². The molecule has 1 aromatic heterocycles. The first-order valence-corrected chi connectivity index (χ1v) is 9.09. The minimum Gasteiger partial charge on any atom is -0.504 e. The average Bonchev–Trinajstić information content (AvgIpc) is 2.98. The second kappa shape index (κ2) is 7.25. The molecule has 0 bridgehead atoms. The Morgan fingerprint density at radius 1 is 1.26 bits per heavy atom. The summed E-state index contributed by atoms with van der Waals surface area (Å²) in [6.45, 7) is 7.43. The molecule has 0 saturated carbocycles.